The lowest BCUT2D eigenvalue weighted by molar-refractivity contribution is -0.158. The minimum atomic E-state index is -0.888. The molecule has 174 valence electrons. The Bertz CT molecular complexity index is 1240. The first-order chi connectivity index (χ1) is 16.4. The maximum Gasteiger partial charge on any atom is 0.413 e. The van der Waals surface area contributed by atoms with E-state index in [9.17, 15) is 19.5 Å². The van der Waals surface area contributed by atoms with Gasteiger partial charge < -0.3 is 14.7 Å². The number of aliphatic carboxylic acids is 1. The Morgan fingerprint density at radius 2 is 1.74 bits per heavy atom. The fourth-order valence-electron chi connectivity index (χ4n) is 4.65. The Hall–Kier alpha value is -3.72. The van der Waals surface area contributed by atoms with Gasteiger partial charge in [-0.3, -0.25) is 14.9 Å². The van der Waals surface area contributed by atoms with Crippen molar-refractivity contribution in [3.05, 3.63) is 70.7 Å². The van der Waals surface area contributed by atoms with Crippen molar-refractivity contribution in [1.82, 2.24) is 9.88 Å². The van der Waals surface area contributed by atoms with Gasteiger partial charge in [-0.15, -0.1) is 0 Å². The molecule has 1 fully saturated rings. The van der Waals surface area contributed by atoms with Gasteiger partial charge >= 0.3 is 12.1 Å². The number of likely N-dealkylation sites (tertiary alicyclic amines) is 1. The molecule has 1 aromatic heterocycles. The largest absolute Gasteiger partial charge is 0.481 e. The lowest BCUT2D eigenvalue weighted by Gasteiger charge is -2.46. The molecule has 2 aliphatic rings. The maximum atomic E-state index is 12.6. The molecular weight excluding hydrogens is 454 g/mol. The molecule has 1 saturated heterocycles. The molecule has 1 aliphatic heterocycles. The third-order valence-electron chi connectivity index (χ3n) is 6.67. The molecule has 8 nitrogen and oxygen atoms in total. The van der Waals surface area contributed by atoms with Crippen molar-refractivity contribution >= 4 is 34.4 Å². The summed E-state index contributed by atoms with van der Waals surface area (Å²) in [6.45, 7) is 2.33. The smallest absolute Gasteiger partial charge is 0.413 e. The van der Waals surface area contributed by atoms with E-state index in [1.165, 1.54) is 11.1 Å². The van der Waals surface area contributed by atoms with E-state index in [-0.39, 0.29) is 36.7 Å². The first kappa shape index (κ1) is 22.1. The van der Waals surface area contributed by atoms with Crippen molar-refractivity contribution in [3.8, 4) is 11.1 Å². The Kier molecular flexibility index (Phi) is 5.57. The molecule has 2 amide bonds. The fourth-order valence-corrected chi connectivity index (χ4v) is 5.42. The summed E-state index contributed by atoms with van der Waals surface area (Å²) in [4.78, 5) is 42.5. The molecular formula is C25H23N3O5S. The molecule has 1 aliphatic carbocycles. The van der Waals surface area contributed by atoms with E-state index in [2.05, 4.69) is 22.4 Å². The van der Waals surface area contributed by atoms with E-state index in [0.29, 0.717) is 11.3 Å². The molecule has 34 heavy (non-hydrogen) atoms. The van der Waals surface area contributed by atoms with Crippen molar-refractivity contribution in [3.63, 3.8) is 0 Å². The minimum absolute atomic E-state index is 0.0499. The second-order valence-electron chi connectivity index (χ2n) is 8.58. The van der Waals surface area contributed by atoms with Gasteiger partial charge in [0.05, 0.1) is 6.20 Å². The number of carbonyl (C=O) groups is 3. The third-order valence-corrected chi connectivity index (χ3v) is 7.57. The van der Waals surface area contributed by atoms with Gasteiger partial charge in [-0.05, 0) is 28.7 Å². The molecule has 2 heterocycles. The first-order valence-electron chi connectivity index (χ1n) is 11.0. The average molecular weight is 478 g/mol. The summed E-state index contributed by atoms with van der Waals surface area (Å²) >= 11 is 1.04. The van der Waals surface area contributed by atoms with Gasteiger partial charge in [0.2, 0.25) is 0 Å². The number of rotatable bonds is 6. The Balaban J connectivity index is 1.19. The molecule has 2 N–H and O–H groups in total. The number of carboxylic acid groups (broad SMARTS) is 1. The number of nitrogens with one attached hydrogen (secondary N) is 1. The normalized spacial score (nSPS) is 15.7. The van der Waals surface area contributed by atoms with Crippen molar-refractivity contribution in [1.29, 1.82) is 0 Å². The highest BCUT2D eigenvalue weighted by atomic mass is 32.1. The number of hydrogen-bond acceptors (Lipinski definition) is 6. The molecule has 2 aromatic carbocycles. The summed E-state index contributed by atoms with van der Waals surface area (Å²) in [6.07, 6.45) is 1.21. The highest BCUT2D eigenvalue weighted by molar-refractivity contribution is 7.17. The third kappa shape index (κ3) is 3.71. The molecule has 5 rings (SSSR count). The summed E-state index contributed by atoms with van der Waals surface area (Å²) in [5, 5.41) is 12.2. The topological polar surface area (TPSA) is 109 Å². The molecule has 9 heteroatoms. The Morgan fingerprint density at radius 1 is 1.12 bits per heavy atom. The van der Waals surface area contributed by atoms with Gasteiger partial charge in [0, 0.05) is 19.0 Å². The summed E-state index contributed by atoms with van der Waals surface area (Å²) in [7, 11) is 0. The number of carbonyl (C=O) groups excluding carboxylic acids is 2. The number of hydrogen-bond donors (Lipinski definition) is 2. The summed E-state index contributed by atoms with van der Waals surface area (Å²) in [6, 6.07) is 16.2. The minimum Gasteiger partial charge on any atom is -0.481 e. The molecule has 0 unspecified atom stereocenters. The highest BCUT2D eigenvalue weighted by Gasteiger charge is 2.50. The number of anilines is 1. The van der Waals surface area contributed by atoms with E-state index in [4.69, 9.17) is 4.74 Å². The van der Waals surface area contributed by atoms with Crippen LogP contribution < -0.4 is 5.32 Å². The van der Waals surface area contributed by atoms with Crippen LogP contribution in [0.15, 0.2) is 54.7 Å². The van der Waals surface area contributed by atoms with Crippen molar-refractivity contribution < 1.29 is 24.2 Å². The van der Waals surface area contributed by atoms with Gasteiger partial charge in [-0.1, -0.05) is 66.8 Å². The zero-order chi connectivity index (χ0) is 23.9. The molecule has 0 bridgehead atoms. The van der Waals surface area contributed by atoms with Crippen molar-refractivity contribution in [2.45, 2.75) is 19.3 Å². The lowest BCUT2D eigenvalue weighted by Crippen LogP contribution is -2.61. The van der Waals surface area contributed by atoms with Crippen molar-refractivity contribution in [2.24, 2.45) is 5.41 Å². The highest BCUT2D eigenvalue weighted by Crippen LogP contribution is 2.44. The van der Waals surface area contributed by atoms with Crippen LogP contribution in [0.3, 0.4) is 0 Å². The van der Waals surface area contributed by atoms with Crippen LogP contribution in [0, 0.1) is 5.41 Å². The number of fused-ring (bicyclic) bond motifs is 3. The lowest BCUT2D eigenvalue weighted by atomic mass is 9.77. The maximum absolute atomic E-state index is 12.6. The van der Waals surface area contributed by atoms with Gasteiger partial charge in [-0.25, -0.2) is 9.78 Å². The van der Waals surface area contributed by atoms with Gasteiger partial charge in [-0.2, -0.15) is 0 Å². The van der Waals surface area contributed by atoms with Crippen molar-refractivity contribution in [2.75, 3.05) is 25.0 Å². The van der Waals surface area contributed by atoms with E-state index in [1.54, 1.807) is 6.92 Å². The van der Waals surface area contributed by atoms with E-state index >= 15 is 0 Å². The van der Waals surface area contributed by atoms with Crippen LogP contribution in [0.1, 0.15) is 40.1 Å². The number of aromatic nitrogens is 1. The molecule has 0 radical (unpaired) electrons. The summed E-state index contributed by atoms with van der Waals surface area (Å²) in [5.74, 6) is -1.23. The predicted molar refractivity (Wildman–Crippen MR) is 127 cm³/mol. The van der Waals surface area contributed by atoms with E-state index in [1.807, 2.05) is 36.4 Å². The fraction of sp³-hybridized carbons (Fsp3) is 0.280. The number of amides is 2. The Morgan fingerprint density at radius 3 is 2.32 bits per heavy atom. The summed E-state index contributed by atoms with van der Waals surface area (Å²) < 4.78 is 5.52. The van der Waals surface area contributed by atoms with Crippen LogP contribution in [0.2, 0.25) is 0 Å². The predicted octanol–water partition coefficient (Wildman–Crippen LogP) is 4.44. The van der Waals surface area contributed by atoms with Gasteiger partial charge in [0.1, 0.15) is 16.9 Å². The number of benzene rings is 2. The van der Waals surface area contributed by atoms with Crippen LogP contribution in [-0.4, -0.2) is 52.7 Å². The second-order valence-corrected chi connectivity index (χ2v) is 9.61. The second kappa shape index (κ2) is 8.57. The quantitative estimate of drug-likeness (QED) is 0.543. The van der Waals surface area contributed by atoms with Crippen LogP contribution in [-0.2, 0) is 9.53 Å². The monoisotopic (exact) mass is 477 g/mol. The zero-order valence-corrected chi connectivity index (χ0v) is 19.3. The van der Waals surface area contributed by atoms with Gasteiger partial charge in [0.25, 0.3) is 5.91 Å². The molecule has 3 aromatic rings. The van der Waals surface area contributed by atoms with Crippen LogP contribution in [0.4, 0.5) is 9.93 Å². The number of ether oxygens (including phenoxy) is 1. The van der Waals surface area contributed by atoms with Crippen LogP contribution >= 0.6 is 11.3 Å². The zero-order valence-electron chi connectivity index (χ0n) is 18.5. The van der Waals surface area contributed by atoms with Crippen LogP contribution in [0.25, 0.3) is 11.1 Å². The van der Waals surface area contributed by atoms with Crippen LogP contribution in [0.5, 0.6) is 0 Å². The molecule has 0 saturated carbocycles. The number of carboxylic acids is 1. The van der Waals surface area contributed by atoms with E-state index in [0.717, 1.165) is 33.6 Å². The number of nitrogens with zero attached hydrogens (tertiary/aromatic N) is 2. The first-order valence-corrected chi connectivity index (χ1v) is 11.8. The van der Waals surface area contributed by atoms with E-state index < -0.39 is 17.5 Å². The summed E-state index contributed by atoms with van der Waals surface area (Å²) in [5.41, 5.74) is 3.67. The van der Waals surface area contributed by atoms with Gasteiger partial charge in [0.15, 0.2) is 5.13 Å². The number of thiazole rings is 1. The SMILES string of the molecule is CCC1(C(=O)O)CN(C(=O)c2cnc(NC(=O)OCC3c4ccccc4-c4ccccc43)s2)C1. The average Bonchev–Trinajstić information content (AvgIpc) is 3.40. The molecule has 0 spiro atoms. The molecule has 0 atom stereocenters. The standard InChI is InChI=1S/C25H23N3O5S/c1-2-25(22(30)31)13-28(14-25)21(29)20-11-26-23(34-20)27-24(32)33-12-19-17-9-5-3-7-15(17)16-8-4-6-10-18(16)19/h3-11,19H,2,12-14H2,1H3,(H,30,31)(H,26,27,32). The Labute approximate surface area is 200 Å².